The summed E-state index contributed by atoms with van der Waals surface area (Å²) in [5, 5.41) is 107. The van der Waals surface area contributed by atoms with Crippen molar-refractivity contribution < 1.29 is 89.0 Å². The highest BCUT2D eigenvalue weighted by Gasteiger charge is 2.54. The minimum atomic E-state index is -1.85. The van der Waals surface area contributed by atoms with E-state index in [2.05, 4.69) is 5.32 Å². The SMILES string of the molecule is CC(=O)N[C@@H]1[C@@H](O[C@H]2O[C@H](C)[C@@H](O)[C@H](O[C@H]3O[C@H](C)[C@@H](O)[C@H](O[C@H]4O[C@H](C)[C@@H](O)[C@H](O)[C@@H]4O)[C@@H]3O)[C@@H]2O)[C@@H](O)[C@@H](CO)O[C@H]1O. The molecule has 19 nitrogen and oxygen atoms in total. The lowest BCUT2D eigenvalue weighted by Gasteiger charge is -2.49. The predicted octanol–water partition coefficient (Wildman–Crippen LogP) is -6.52. The maximum atomic E-state index is 11.8. The van der Waals surface area contributed by atoms with Crippen molar-refractivity contribution in [2.24, 2.45) is 0 Å². The normalized spacial score (nSPS) is 52.8. The molecule has 4 aliphatic heterocycles. The molecular formula is C26H45NO18. The molecule has 45 heavy (non-hydrogen) atoms. The third-order valence-electron chi connectivity index (χ3n) is 8.49. The Morgan fingerprint density at radius 1 is 0.578 bits per heavy atom. The highest BCUT2D eigenvalue weighted by Crippen LogP contribution is 2.34. The third kappa shape index (κ3) is 7.60. The monoisotopic (exact) mass is 659 g/mol. The molecule has 0 aromatic carbocycles. The van der Waals surface area contributed by atoms with Gasteiger partial charge in [0.25, 0.3) is 0 Å². The molecule has 0 aromatic rings. The number of hydrogen-bond donors (Lipinski definition) is 11. The molecule has 4 aliphatic rings. The van der Waals surface area contributed by atoms with E-state index >= 15 is 0 Å². The molecule has 4 saturated heterocycles. The van der Waals surface area contributed by atoms with E-state index in [4.69, 9.17) is 33.2 Å². The summed E-state index contributed by atoms with van der Waals surface area (Å²) in [7, 11) is 0. The summed E-state index contributed by atoms with van der Waals surface area (Å²) in [6.45, 7) is 4.63. The van der Waals surface area contributed by atoms with Crippen LogP contribution in [0.1, 0.15) is 27.7 Å². The van der Waals surface area contributed by atoms with E-state index in [1.165, 1.54) is 20.8 Å². The van der Waals surface area contributed by atoms with Gasteiger partial charge in [0, 0.05) is 6.92 Å². The second kappa shape index (κ2) is 14.9. The van der Waals surface area contributed by atoms with E-state index in [1.54, 1.807) is 0 Å². The average molecular weight is 660 g/mol. The van der Waals surface area contributed by atoms with Crippen LogP contribution in [0.25, 0.3) is 0 Å². The highest BCUT2D eigenvalue weighted by atomic mass is 16.8. The topological polar surface area (TPSA) is 296 Å². The fourth-order valence-corrected chi connectivity index (χ4v) is 5.77. The van der Waals surface area contributed by atoms with Crippen molar-refractivity contribution in [1.29, 1.82) is 0 Å². The van der Waals surface area contributed by atoms with Gasteiger partial charge in [-0.1, -0.05) is 0 Å². The van der Waals surface area contributed by atoms with E-state index in [0.717, 1.165) is 6.92 Å². The smallest absolute Gasteiger partial charge is 0.217 e. The Hall–Kier alpha value is -1.21. The molecule has 11 N–H and O–H groups in total. The van der Waals surface area contributed by atoms with Crippen LogP contribution in [0.15, 0.2) is 0 Å². The number of aliphatic hydroxyl groups excluding tert-OH is 10. The number of amides is 1. The van der Waals surface area contributed by atoms with E-state index in [1.807, 2.05) is 0 Å². The number of rotatable bonds is 8. The van der Waals surface area contributed by atoms with E-state index < -0.39 is 135 Å². The van der Waals surface area contributed by atoms with Crippen LogP contribution in [0.5, 0.6) is 0 Å². The van der Waals surface area contributed by atoms with Gasteiger partial charge >= 0.3 is 0 Å². The number of carbonyl (C=O) groups is 1. The van der Waals surface area contributed by atoms with E-state index in [0.29, 0.717) is 0 Å². The van der Waals surface area contributed by atoms with E-state index in [9.17, 15) is 55.9 Å². The number of nitrogens with one attached hydrogen (secondary N) is 1. The Bertz CT molecular complexity index is 980. The van der Waals surface area contributed by atoms with Crippen LogP contribution in [0.3, 0.4) is 0 Å². The molecule has 0 radical (unpaired) electrons. The second-order valence-corrected chi connectivity index (χ2v) is 11.8. The standard InChI is InChI=1S/C26H45NO18/c1-6-12(30)16(34)17(35)24(39-6)44-21-13(31)8(3)41-26(19(21)37)45-22-14(32)7(2)40-25(18(22)36)43-20-11(27-9(4)29)23(38)42-10(5-28)15(20)33/h6-8,10-26,28,30-38H,5H2,1-4H3,(H,27,29)/t6-,7-,8-,10-,11-,12-,13-,14-,15+,16+,17+,18+,19+,20-,21+,22+,23-,24-,25-,26-/m1/s1. The maximum absolute atomic E-state index is 11.8. The summed E-state index contributed by atoms with van der Waals surface area (Å²) in [4.78, 5) is 11.8. The van der Waals surface area contributed by atoms with Crippen LogP contribution in [0.2, 0.25) is 0 Å². The number of ether oxygens (including phenoxy) is 7. The first-order valence-corrected chi connectivity index (χ1v) is 14.7. The lowest BCUT2D eigenvalue weighted by Crippen LogP contribution is -2.68. The first-order chi connectivity index (χ1) is 21.1. The fraction of sp³-hybridized carbons (Fsp3) is 0.962. The van der Waals surface area contributed by atoms with Crippen molar-refractivity contribution in [1.82, 2.24) is 5.32 Å². The van der Waals surface area contributed by atoms with Gasteiger partial charge in [0.15, 0.2) is 25.2 Å². The maximum Gasteiger partial charge on any atom is 0.217 e. The molecule has 4 rings (SSSR count). The molecule has 19 heteroatoms. The van der Waals surface area contributed by atoms with Gasteiger partial charge in [0.2, 0.25) is 5.91 Å². The second-order valence-electron chi connectivity index (χ2n) is 11.8. The van der Waals surface area contributed by atoms with Gasteiger partial charge in [-0.05, 0) is 20.8 Å². The number of carbonyl (C=O) groups excluding carboxylic acids is 1. The molecule has 0 saturated carbocycles. The largest absolute Gasteiger partial charge is 0.394 e. The summed E-state index contributed by atoms with van der Waals surface area (Å²) in [6.07, 6.45) is -29.0. The number of hydrogen-bond acceptors (Lipinski definition) is 18. The minimum absolute atomic E-state index is 0.621. The molecule has 0 unspecified atom stereocenters. The zero-order valence-corrected chi connectivity index (χ0v) is 25.0. The van der Waals surface area contributed by atoms with Crippen LogP contribution >= 0.6 is 0 Å². The van der Waals surface area contributed by atoms with Crippen LogP contribution in [0.4, 0.5) is 0 Å². The zero-order valence-electron chi connectivity index (χ0n) is 25.0. The van der Waals surface area contributed by atoms with Crippen molar-refractivity contribution in [3.63, 3.8) is 0 Å². The predicted molar refractivity (Wildman–Crippen MR) is 141 cm³/mol. The Balaban J connectivity index is 1.51. The van der Waals surface area contributed by atoms with Gasteiger partial charge in [-0.15, -0.1) is 0 Å². The van der Waals surface area contributed by atoms with E-state index in [-0.39, 0.29) is 0 Å². The molecule has 0 bridgehead atoms. The van der Waals surface area contributed by atoms with Gasteiger partial charge in [-0.2, -0.15) is 0 Å². The van der Waals surface area contributed by atoms with Crippen LogP contribution in [-0.2, 0) is 38.0 Å². The minimum Gasteiger partial charge on any atom is -0.394 e. The van der Waals surface area contributed by atoms with Gasteiger partial charge < -0.3 is 89.5 Å². The fourth-order valence-electron chi connectivity index (χ4n) is 5.77. The zero-order chi connectivity index (χ0) is 33.5. The van der Waals surface area contributed by atoms with Crippen molar-refractivity contribution in [3.8, 4) is 0 Å². The first kappa shape index (κ1) is 36.6. The molecule has 262 valence electrons. The highest BCUT2D eigenvalue weighted by molar-refractivity contribution is 5.73. The summed E-state index contributed by atoms with van der Waals surface area (Å²) in [6, 6.07) is -1.37. The molecule has 0 aromatic heterocycles. The summed E-state index contributed by atoms with van der Waals surface area (Å²) < 4.78 is 39.0. The number of aliphatic hydroxyl groups is 10. The van der Waals surface area contributed by atoms with Gasteiger partial charge in [-0.3, -0.25) is 4.79 Å². The van der Waals surface area contributed by atoms with Crippen LogP contribution in [-0.4, -0.2) is 186 Å². The Morgan fingerprint density at radius 2 is 1.00 bits per heavy atom. The molecule has 20 atom stereocenters. The van der Waals surface area contributed by atoms with Crippen molar-refractivity contribution in [3.05, 3.63) is 0 Å². The van der Waals surface area contributed by atoms with Gasteiger partial charge in [0.05, 0.1) is 24.9 Å². The molecular weight excluding hydrogens is 614 g/mol. The van der Waals surface area contributed by atoms with Crippen LogP contribution < -0.4 is 5.32 Å². The molecule has 4 heterocycles. The summed E-state index contributed by atoms with van der Waals surface area (Å²) in [5.74, 6) is -0.621. The Labute approximate surface area is 257 Å². The Kier molecular flexibility index (Phi) is 12.1. The molecule has 0 aliphatic carbocycles. The van der Waals surface area contributed by atoms with Crippen LogP contribution in [0, 0.1) is 0 Å². The first-order valence-electron chi connectivity index (χ1n) is 14.7. The summed E-state index contributed by atoms with van der Waals surface area (Å²) >= 11 is 0. The Morgan fingerprint density at radius 3 is 1.44 bits per heavy atom. The molecule has 0 spiro atoms. The quantitative estimate of drug-likeness (QED) is 0.115. The third-order valence-corrected chi connectivity index (χ3v) is 8.49. The molecule has 1 amide bonds. The summed E-state index contributed by atoms with van der Waals surface area (Å²) in [5.41, 5.74) is 0. The van der Waals surface area contributed by atoms with Crippen molar-refractivity contribution in [2.45, 2.75) is 150 Å². The van der Waals surface area contributed by atoms with Crippen molar-refractivity contribution >= 4 is 5.91 Å². The van der Waals surface area contributed by atoms with Crippen molar-refractivity contribution in [2.75, 3.05) is 6.61 Å². The average Bonchev–Trinajstić information content (AvgIpc) is 2.98. The lowest BCUT2D eigenvalue weighted by molar-refractivity contribution is -0.381. The van der Waals surface area contributed by atoms with Gasteiger partial charge in [0.1, 0.15) is 79.3 Å². The lowest BCUT2D eigenvalue weighted by atomic mass is 9.95. The molecule has 4 fully saturated rings. The van der Waals surface area contributed by atoms with Gasteiger partial charge in [-0.25, -0.2) is 0 Å².